The van der Waals surface area contributed by atoms with Crippen LogP contribution in [0.4, 0.5) is 0 Å². The molecular weight excluding hydrogens is 188 g/mol. The molecule has 0 unspecified atom stereocenters. The molecule has 1 aliphatic carbocycles. The van der Waals surface area contributed by atoms with Gasteiger partial charge in [0.05, 0.1) is 13.2 Å². The standard InChI is InChI=1S/C12H22N2O/c1-5-13-6-2-11(1)12(3-4-12)14-7-9-15-10-8-14/h11,13H,1-10H2. The molecule has 0 aromatic carbocycles. The van der Waals surface area contributed by atoms with Crippen molar-refractivity contribution < 1.29 is 4.74 Å². The maximum absolute atomic E-state index is 5.46. The van der Waals surface area contributed by atoms with Crippen LogP contribution in [0.15, 0.2) is 0 Å². The third kappa shape index (κ3) is 1.81. The second-order valence-corrected chi connectivity index (χ2v) is 5.23. The van der Waals surface area contributed by atoms with Gasteiger partial charge in [0.25, 0.3) is 0 Å². The van der Waals surface area contributed by atoms with E-state index in [9.17, 15) is 0 Å². The highest BCUT2D eigenvalue weighted by atomic mass is 16.5. The maximum atomic E-state index is 5.46. The summed E-state index contributed by atoms with van der Waals surface area (Å²) in [6.45, 7) is 6.71. The van der Waals surface area contributed by atoms with Crippen LogP contribution in [0.2, 0.25) is 0 Å². The van der Waals surface area contributed by atoms with Crippen molar-refractivity contribution in [3.63, 3.8) is 0 Å². The van der Waals surface area contributed by atoms with Gasteiger partial charge in [-0.25, -0.2) is 0 Å². The number of hydrogen-bond donors (Lipinski definition) is 1. The average molecular weight is 210 g/mol. The molecule has 2 aliphatic heterocycles. The molecule has 0 amide bonds. The Kier molecular flexibility index (Phi) is 2.71. The lowest BCUT2D eigenvalue weighted by Crippen LogP contribution is -2.51. The minimum Gasteiger partial charge on any atom is -0.379 e. The molecule has 3 aliphatic rings. The fraction of sp³-hybridized carbons (Fsp3) is 1.00. The molecule has 0 aromatic rings. The highest BCUT2D eigenvalue weighted by Crippen LogP contribution is 2.50. The van der Waals surface area contributed by atoms with E-state index in [0.717, 1.165) is 19.1 Å². The quantitative estimate of drug-likeness (QED) is 0.731. The lowest BCUT2D eigenvalue weighted by molar-refractivity contribution is -0.0111. The van der Waals surface area contributed by atoms with Crippen LogP contribution in [0.25, 0.3) is 0 Å². The summed E-state index contributed by atoms with van der Waals surface area (Å²) in [6.07, 6.45) is 5.66. The summed E-state index contributed by atoms with van der Waals surface area (Å²) in [6, 6.07) is 0. The Balaban J connectivity index is 1.66. The number of nitrogens with one attached hydrogen (secondary N) is 1. The molecule has 0 bridgehead atoms. The molecule has 0 atom stereocenters. The molecule has 3 rings (SSSR count). The molecule has 86 valence electrons. The molecule has 1 N–H and O–H groups in total. The maximum Gasteiger partial charge on any atom is 0.0594 e. The highest BCUT2D eigenvalue weighted by Gasteiger charge is 2.53. The van der Waals surface area contributed by atoms with Crippen LogP contribution < -0.4 is 5.32 Å². The number of rotatable bonds is 2. The molecule has 15 heavy (non-hydrogen) atoms. The van der Waals surface area contributed by atoms with Crippen LogP contribution in [0.5, 0.6) is 0 Å². The fourth-order valence-corrected chi connectivity index (χ4v) is 3.48. The minimum absolute atomic E-state index is 0.603. The Morgan fingerprint density at radius 3 is 2.33 bits per heavy atom. The van der Waals surface area contributed by atoms with Gasteiger partial charge < -0.3 is 10.1 Å². The molecule has 0 radical (unpaired) electrons. The second-order valence-electron chi connectivity index (χ2n) is 5.23. The van der Waals surface area contributed by atoms with Crippen LogP contribution in [0.3, 0.4) is 0 Å². The smallest absolute Gasteiger partial charge is 0.0594 e. The molecule has 2 saturated heterocycles. The average Bonchev–Trinajstić information content (AvgIpc) is 3.13. The Morgan fingerprint density at radius 2 is 1.73 bits per heavy atom. The summed E-state index contributed by atoms with van der Waals surface area (Å²) in [4.78, 5) is 2.73. The third-order valence-corrected chi connectivity index (χ3v) is 4.50. The summed E-state index contributed by atoms with van der Waals surface area (Å²) >= 11 is 0. The summed E-state index contributed by atoms with van der Waals surface area (Å²) in [7, 11) is 0. The van der Waals surface area contributed by atoms with E-state index in [-0.39, 0.29) is 0 Å². The largest absolute Gasteiger partial charge is 0.379 e. The lowest BCUT2D eigenvalue weighted by Gasteiger charge is -2.41. The van der Waals surface area contributed by atoms with Crippen LogP contribution in [0.1, 0.15) is 25.7 Å². The minimum atomic E-state index is 0.603. The van der Waals surface area contributed by atoms with E-state index >= 15 is 0 Å². The zero-order chi connectivity index (χ0) is 10.1. The summed E-state index contributed by atoms with van der Waals surface area (Å²) < 4.78 is 5.46. The predicted octanol–water partition coefficient (Wildman–Crippen LogP) is 0.851. The lowest BCUT2D eigenvalue weighted by atomic mass is 9.86. The molecule has 0 spiro atoms. The Bertz CT molecular complexity index is 196. The van der Waals surface area contributed by atoms with Crippen molar-refractivity contribution in [3.8, 4) is 0 Å². The van der Waals surface area contributed by atoms with E-state index in [1.807, 2.05) is 0 Å². The number of hydrogen-bond acceptors (Lipinski definition) is 3. The van der Waals surface area contributed by atoms with E-state index in [4.69, 9.17) is 4.74 Å². The van der Waals surface area contributed by atoms with Crippen molar-refractivity contribution in [2.75, 3.05) is 39.4 Å². The number of piperidine rings is 1. The zero-order valence-electron chi connectivity index (χ0n) is 9.50. The van der Waals surface area contributed by atoms with Gasteiger partial charge in [0, 0.05) is 18.6 Å². The fourth-order valence-electron chi connectivity index (χ4n) is 3.48. The second kappa shape index (κ2) is 4.04. The molecule has 1 saturated carbocycles. The molecule has 3 fully saturated rings. The first kappa shape index (κ1) is 10.1. The number of ether oxygens (including phenoxy) is 1. The van der Waals surface area contributed by atoms with Gasteiger partial charge in [0.2, 0.25) is 0 Å². The van der Waals surface area contributed by atoms with E-state index in [0.29, 0.717) is 5.54 Å². The molecule has 2 heterocycles. The van der Waals surface area contributed by atoms with Crippen LogP contribution in [-0.2, 0) is 4.74 Å². The first-order chi connectivity index (χ1) is 7.42. The van der Waals surface area contributed by atoms with E-state index in [1.165, 1.54) is 51.9 Å². The van der Waals surface area contributed by atoms with Gasteiger partial charge in [-0.2, -0.15) is 0 Å². The molecular formula is C12H22N2O. The van der Waals surface area contributed by atoms with Crippen molar-refractivity contribution in [1.29, 1.82) is 0 Å². The first-order valence-electron chi connectivity index (χ1n) is 6.45. The molecule has 3 nitrogen and oxygen atoms in total. The van der Waals surface area contributed by atoms with Gasteiger partial charge in [-0.1, -0.05) is 0 Å². The van der Waals surface area contributed by atoms with E-state index in [2.05, 4.69) is 10.2 Å². The number of morpholine rings is 1. The van der Waals surface area contributed by atoms with Crippen LogP contribution in [0, 0.1) is 5.92 Å². The van der Waals surface area contributed by atoms with Crippen LogP contribution >= 0.6 is 0 Å². The van der Waals surface area contributed by atoms with E-state index < -0.39 is 0 Å². The van der Waals surface area contributed by atoms with Crippen LogP contribution in [-0.4, -0.2) is 49.8 Å². The molecule has 3 heteroatoms. The van der Waals surface area contributed by atoms with Crippen molar-refractivity contribution in [2.45, 2.75) is 31.2 Å². The first-order valence-corrected chi connectivity index (χ1v) is 6.45. The SMILES string of the molecule is C1CC(C2(N3CCOCC3)CC2)CCN1. The van der Waals surface area contributed by atoms with Crippen molar-refractivity contribution in [1.82, 2.24) is 10.2 Å². The highest BCUT2D eigenvalue weighted by molar-refractivity contribution is 5.09. The van der Waals surface area contributed by atoms with Gasteiger partial charge in [-0.15, -0.1) is 0 Å². The topological polar surface area (TPSA) is 24.5 Å². The van der Waals surface area contributed by atoms with Gasteiger partial charge >= 0.3 is 0 Å². The van der Waals surface area contributed by atoms with Gasteiger partial charge in [0.1, 0.15) is 0 Å². The van der Waals surface area contributed by atoms with Gasteiger partial charge in [-0.05, 0) is 44.7 Å². The molecule has 0 aromatic heterocycles. The summed E-state index contributed by atoms with van der Waals surface area (Å²) in [5.74, 6) is 0.955. The monoisotopic (exact) mass is 210 g/mol. The predicted molar refractivity (Wildman–Crippen MR) is 60.0 cm³/mol. The third-order valence-electron chi connectivity index (χ3n) is 4.50. The van der Waals surface area contributed by atoms with Gasteiger partial charge in [-0.3, -0.25) is 4.90 Å². The normalized spacial score (nSPS) is 32.8. The zero-order valence-corrected chi connectivity index (χ0v) is 9.50. The summed E-state index contributed by atoms with van der Waals surface area (Å²) in [5.41, 5.74) is 0.603. The van der Waals surface area contributed by atoms with Crippen molar-refractivity contribution in [3.05, 3.63) is 0 Å². The Hall–Kier alpha value is -0.120. The Labute approximate surface area is 92.2 Å². The van der Waals surface area contributed by atoms with Crippen molar-refractivity contribution in [2.24, 2.45) is 5.92 Å². The van der Waals surface area contributed by atoms with E-state index in [1.54, 1.807) is 0 Å². The number of nitrogens with zero attached hydrogens (tertiary/aromatic N) is 1. The summed E-state index contributed by atoms with van der Waals surface area (Å²) in [5, 5.41) is 3.47. The van der Waals surface area contributed by atoms with Gasteiger partial charge in [0.15, 0.2) is 0 Å². The van der Waals surface area contributed by atoms with Crippen molar-refractivity contribution >= 4 is 0 Å². The Morgan fingerprint density at radius 1 is 1.07 bits per heavy atom.